The summed E-state index contributed by atoms with van der Waals surface area (Å²) in [6, 6.07) is 0. The monoisotopic (exact) mass is 378 g/mol. The number of hydrogen-bond donors (Lipinski definition) is 2. The molecule has 0 aromatic carbocycles. The smallest absolute Gasteiger partial charge is 0.303 e. The third kappa shape index (κ3) is 8.00. The number of rotatable bonds is 14. The van der Waals surface area contributed by atoms with Crippen LogP contribution in [0.15, 0.2) is 24.3 Å². The quantitative estimate of drug-likeness (QED) is 0.317. The first-order valence-electron chi connectivity index (χ1n) is 10.7. The summed E-state index contributed by atoms with van der Waals surface area (Å²) in [7, 11) is 0. The van der Waals surface area contributed by atoms with Crippen molar-refractivity contribution in [2.75, 3.05) is 0 Å². The average molecular weight is 379 g/mol. The molecule has 0 aliphatic heterocycles. The highest BCUT2D eigenvalue weighted by molar-refractivity contribution is 5.94. The van der Waals surface area contributed by atoms with Gasteiger partial charge in [0.05, 0.1) is 5.60 Å². The summed E-state index contributed by atoms with van der Waals surface area (Å²) in [4.78, 5) is 23.0. The Hall–Kier alpha value is -1.42. The Balaban J connectivity index is 2.62. The van der Waals surface area contributed by atoms with Crippen LogP contribution in [0, 0.1) is 17.8 Å². The zero-order chi connectivity index (χ0) is 20.3. The molecular formula is C23H38O4. The van der Waals surface area contributed by atoms with Crippen LogP contribution in [0.25, 0.3) is 0 Å². The van der Waals surface area contributed by atoms with Gasteiger partial charge in [0.1, 0.15) is 0 Å². The normalized spacial score (nSPS) is 23.0. The van der Waals surface area contributed by atoms with Gasteiger partial charge in [0.25, 0.3) is 0 Å². The van der Waals surface area contributed by atoms with Crippen LogP contribution in [0.2, 0.25) is 0 Å². The average Bonchev–Trinajstić information content (AvgIpc) is 3.01. The van der Waals surface area contributed by atoms with E-state index in [0.717, 1.165) is 19.3 Å². The highest BCUT2D eigenvalue weighted by Crippen LogP contribution is 2.39. The molecule has 27 heavy (non-hydrogen) atoms. The van der Waals surface area contributed by atoms with Gasteiger partial charge < -0.3 is 10.2 Å². The van der Waals surface area contributed by atoms with Gasteiger partial charge in [-0.2, -0.15) is 0 Å². The lowest BCUT2D eigenvalue weighted by Gasteiger charge is -2.35. The summed E-state index contributed by atoms with van der Waals surface area (Å²) < 4.78 is 0. The molecule has 0 bridgehead atoms. The highest BCUT2D eigenvalue weighted by Gasteiger charge is 2.42. The Morgan fingerprint density at radius 2 is 1.96 bits per heavy atom. The van der Waals surface area contributed by atoms with E-state index in [1.165, 1.54) is 19.3 Å². The van der Waals surface area contributed by atoms with Crippen molar-refractivity contribution in [1.82, 2.24) is 0 Å². The van der Waals surface area contributed by atoms with Gasteiger partial charge in [-0.15, -0.1) is 0 Å². The van der Waals surface area contributed by atoms with Crippen LogP contribution >= 0.6 is 0 Å². The van der Waals surface area contributed by atoms with Crippen molar-refractivity contribution < 1.29 is 19.8 Å². The molecule has 1 aliphatic rings. The number of carbonyl (C=O) groups is 2. The predicted octanol–water partition coefficient (Wildman–Crippen LogP) is 5.31. The van der Waals surface area contributed by atoms with Crippen LogP contribution in [-0.2, 0) is 9.59 Å². The van der Waals surface area contributed by atoms with Crippen molar-refractivity contribution in [3.05, 3.63) is 24.3 Å². The standard InChI is InChI=1S/C23H38O4/c1-4-6-7-8-9-17-23(27,5-2)20-14-15-21(24)19(20)12-10-11-18(3)13-16-22(25)26/h10-11,14-15,18-20,27H,4-9,12-13,16-17H2,1-3H3,(H,25,26)/t18?,19-,20+,23?/m1/s1. The second-order valence-electron chi connectivity index (χ2n) is 8.09. The van der Waals surface area contributed by atoms with E-state index in [9.17, 15) is 14.7 Å². The Labute approximate surface area is 164 Å². The van der Waals surface area contributed by atoms with Gasteiger partial charge in [0.2, 0.25) is 0 Å². The SMILES string of the molecule is CCCCCCCC(O)(CC)[C@H]1C=CC(=O)[C@@H]1CC=CC(C)CCC(=O)O. The molecule has 0 fully saturated rings. The van der Waals surface area contributed by atoms with Crippen molar-refractivity contribution in [3.63, 3.8) is 0 Å². The minimum atomic E-state index is -0.817. The molecule has 0 aromatic rings. The third-order valence-electron chi connectivity index (χ3n) is 5.88. The van der Waals surface area contributed by atoms with Crippen molar-refractivity contribution in [2.45, 2.75) is 90.6 Å². The van der Waals surface area contributed by atoms with E-state index < -0.39 is 11.6 Å². The van der Waals surface area contributed by atoms with E-state index in [1.807, 2.05) is 32.1 Å². The number of aliphatic hydroxyl groups is 1. The third-order valence-corrected chi connectivity index (χ3v) is 5.88. The molecule has 154 valence electrons. The highest BCUT2D eigenvalue weighted by atomic mass is 16.4. The molecule has 2 unspecified atom stereocenters. The van der Waals surface area contributed by atoms with Crippen LogP contribution in [0.3, 0.4) is 0 Å². The van der Waals surface area contributed by atoms with E-state index in [2.05, 4.69) is 6.92 Å². The van der Waals surface area contributed by atoms with Crippen LogP contribution in [0.1, 0.15) is 85.0 Å². The first kappa shape index (κ1) is 23.6. The number of carboxylic acids is 1. The summed E-state index contributed by atoms with van der Waals surface area (Å²) >= 11 is 0. The maximum atomic E-state index is 12.3. The second-order valence-corrected chi connectivity index (χ2v) is 8.09. The van der Waals surface area contributed by atoms with Gasteiger partial charge in [-0.3, -0.25) is 9.59 Å². The summed E-state index contributed by atoms with van der Waals surface area (Å²) in [5.41, 5.74) is -0.817. The Kier molecular flexibility index (Phi) is 10.6. The number of aliphatic carboxylic acids is 1. The maximum absolute atomic E-state index is 12.3. The maximum Gasteiger partial charge on any atom is 0.303 e. The fourth-order valence-corrected chi connectivity index (χ4v) is 3.97. The van der Waals surface area contributed by atoms with E-state index in [4.69, 9.17) is 5.11 Å². The lowest BCUT2D eigenvalue weighted by molar-refractivity contribution is -0.137. The van der Waals surface area contributed by atoms with Gasteiger partial charge in [0.15, 0.2) is 5.78 Å². The molecule has 0 amide bonds. The molecule has 4 atom stereocenters. The molecule has 4 heteroatoms. The van der Waals surface area contributed by atoms with Crippen LogP contribution in [-0.4, -0.2) is 27.6 Å². The van der Waals surface area contributed by atoms with Crippen molar-refractivity contribution in [1.29, 1.82) is 0 Å². The molecule has 2 N–H and O–H groups in total. The van der Waals surface area contributed by atoms with Gasteiger partial charge in [-0.1, -0.05) is 71.1 Å². The zero-order valence-corrected chi connectivity index (χ0v) is 17.3. The lowest BCUT2D eigenvalue weighted by Crippen LogP contribution is -2.40. The lowest BCUT2D eigenvalue weighted by atomic mass is 9.74. The molecule has 0 aromatic heterocycles. The Bertz CT molecular complexity index is 522. The summed E-state index contributed by atoms with van der Waals surface area (Å²) in [6.45, 7) is 6.19. The topological polar surface area (TPSA) is 74.6 Å². The molecule has 1 rings (SSSR count). The number of unbranched alkanes of at least 4 members (excludes halogenated alkanes) is 4. The molecule has 0 saturated carbocycles. The summed E-state index contributed by atoms with van der Waals surface area (Å²) in [5, 5.41) is 20.0. The second kappa shape index (κ2) is 12.1. The predicted molar refractivity (Wildman–Crippen MR) is 110 cm³/mol. The number of carboxylic acid groups (broad SMARTS) is 1. The molecule has 0 radical (unpaired) electrons. The number of hydrogen-bond acceptors (Lipinski definition) is 3. The van der Waals surface area contributed by atoms with Crippen LogP contribution in [0.4, 0.5) is 0 Å². The Morgan fingerprint density at radius 3 is 2.59 bits per heavy atom. The number of carbonyl (C=O) groups excluding carboxylic acids is 1. The largest absolute Gasteiger partial charge is 0.481 e. The first-order valence-corrected chi connectivity index (χ1v) is 10.7. The fraction of sp³-hybridized carbons (Fsp3) is 0.739. The van der Waals surface area contributed by atoms with E-state index >= 15 is 0 Å². The van der Waals surface area contributed by atoms with E-state index in [0.29, 0.717) is 19.3 Å². The molecule has 0 spiro atoms. The van der Waals surface area contributed by atoms with Crippen molar-refractivity contribution in [3.8, 4) is 0 Å². The fourth-order valence-electron chi connectivity index (χ4n) is 3.97. The molecule has 0 heterocycles. The minimum absolute atomic E-state index is 0.0979. The summed E-state index contributed by atoms with van der Waals surface area (Å²) in [6.07, 6.45) is 16.1. The van der Waals surface area contributed by atoms with Crippen LogP contribution < -0.4 is 0 Å². The molecular weight excluding hydrogens is 340 g/mol. The summed E-state index contributed by atoms with van der Waals surface area (Å²) in [5.74, 6) is -0.834. The molecule has 4 nitrogen and oxygen atoms in total. The molecule has 1 aliphatic carbocycles. The minimum Gasteiger partial charge on any atom is -0.481 e. The Morgan fingerprint density at radius 1 is 1.26 bits per heavy atom. The van der Waals surface area contributed by atoms with Crippen molar-refractivity contribution in [2.24, 2.45) is 17.8 Å². The molecule has 0 saturated heterocycles. The van der Waals surface area contributed by atoms with Gasteiger partial charge in [0, 0.05) is 18.3 Å². The van der Waals surface area contributed by atoms with Crippen LogP contribution in [0.5, 0.6) is 0 Å². The number of allylic oxidation sites excluding steroid dienone is 3. The van der Waals surface area contributed by atoms with Gasteiger partial charge in [-0.25, -0.2) is 0 Å². The van der Waals surface area contributed by atoms with E-state index in [-0.39, 0.29) is 30.0 Å². The zero-order valence-electron chi connectivity index (χ0n) is 17.3. The van der Waals surface area contributed by atoms with E-state index in [1.54, 1.807) is 6.08 Å². The first-order chi connectivity index (χ1) is 12.8. The van der Waals surface area contributed by atoms with Crippen molar-refractivity contribution >= 4 is 11.8 Å². The number of ketones is 1. The van der Waals surface area contributed by atoms with Gasteiger partial charge in [-0.05, 0) is 37.7 Å². The van der Waals surface area contributed by atoms with Gasteiger partial charge >= 0.3 is 5.97 Å².